The van der Waals surface area contributed by atoms with Crippen molar-refractivity contribution < 1.29 is 9.53 Å². The highest BCUT2D eigenvalue weighted by molar-refractivity contribution is 14.0. The lowest BCUT2D eigenvalue weighted by Gasteiger charge is -2.39. The maximum absolute atomic E-state index is 12.7. The Morgan fingerprint density at radius 3 is 2.42 bits per heavy atom. The molecule has 2 atom stereocenters. The SMILES string of the molecule is CCNC(=NCC1CCCN1CCOC)N1CCN(C(C)C(=O)N2CCCC2)CC1.I. The molecule has 0 aromatic rings. The molecule has 0 aromatic carbocycles. The molecule has 0 spiro atoms. The van der Waals surface area contributed by atoms with Gasteiger partial charge in [0, 0.05) is 65.5 Å². The lowest BCUT2D eigenvalue weighted by molar-refractivity contribution is -0.135. The largest absolute Gasteiger partial charge is 0.383 e. The van der Waals surface area contributed by atoms with Gasteiger partial charge in [0.2, 0.25) is 5.91 Å². The van der Waals surface area contributed by atoms with Crippen LogP contribution in [0.2, 0.25) is 0 Å². The molecule has 2 unspecified atom stereocenters. The van der Waals surface area contributed by atoms with Crippen LogP contribution in [0.15, 0.2) is 4.99 Å². The van der Waals surface area contributed by atoms with E-state index in [1.807, 2.05) is 4.90 Å². The van der Waals surface area contributed by atoms with Gasteiger partial charge in [0.1, 0.15) is 0 Å². The monoisotopic (exact) mass is 550 g/mol. The van der Waals surface area contributed by atoms with Gasteiger partial charge in [-0.1, -0.05) is 0 Å². The van der Waals surface area contributed by atoms with Crippen LogP contribution in [0.25, 0.3) is 0 Å². The summed E-state index contributed by atoms with van der Waals surface area (Å²) in [7, 11) is 1.77. The van der Waals surface area contributed by atoms with Crippen LogP contribution in [-0.2, 0) is 9.53 Å². The standard InChI is InChI=1S/C22H42N6O2.HI/c1-4-23-22(24-18-20-8-7-11-26(20)16-17-30-3)28-14-12-25(13-15-28)19(2)21(29)27-9-5-6-10-27;/h19-20H,4-18H2,1-3H3,(H,23,24);1H. The first-order valence-corrected chi connectivity index (χ1v) is 11.9. The molecule has 3 heterocycles. The van der Waals surface area contributed by atoms with Crippen LogP contribution < -0.4 is 5.32 Å². The number of ether oxygens (including phenoxy) is 1. The Bertz CT molecular complexity index is 564. The van der Waals surface area contributed by atoms with E-state index < -0.39 is 0 Å². The first-order valence-electron chi connectivity index (χ1n) is 11.9. The van der Waals surface area contributed by atoms with Gasteiger partial charge in [0.25, 0.3) is 0 Å². The average Bonchev–Trinajstić information content (AvgIpc) is 3.46. The minimum Gasteiger partial charge on any atom is -0.383 e. The number of nitrogens with zero attached hydrogens (tertiary/aromatic N) is 5. The molecule has 3 aliphatic heterocycles. The number of carbonyl (C=O) groups excluding carboxylic acids is 1. The zero-order valence-corrected chi connectivity index (χ0v) is 22.1. The quantitative estimate of drug-likeness (QED) is 0.280. The highest BCUT2D eigenvalue weighted by Crippen LogP contribution is 2.18. The number of hydrogen-bond donors (Lipinski definition) is 1. The molecular formula is C22H43IN6O2. The number of likely N-dealkylation sites (tertiary alicyclic amines) is 2. The van der Waals surface area contributed by atoms with Crippen LogP contribution >= 0.6 is 24.0 Å². The lowest BCUT2D eigenvalue weighted by Crippen LogP contribution is -2.57. The smallest absolute Gasteiger partial charge is 0.239 e. The Morgan fingerprint density at radius 2 is 1.77 bits per heavy atom. The van der Waals surface area contributed by atoms with Crippen LogP contribution in [-0.4, -0.2) is 123 Å². The molecule has 180 valence electrons. The third kappa shape index (κ3) is 7.43. The van der Waals surface area contributed by atoms with Crippen molar-refractivity contribution in [2.45, 2.75) is 51.6 Å². The van der Waals surface area contributed by atoms with Gasteiger partial charge < -0.3 is 19.9 Å². The van der Waals surface area contributed by atoms with Crippen LogP contribution in [0.5, 0.6) is 0 Å². The van der Waals surface area contributed by atoms with Gasteiger partial charge >= 0.3 is 0 Å². The average molecular weight is 551 g/mol. The highest BCUT2D eigenvalue weighted by atomic mass is 127. The number of rotatable bonds is 8. The van der Waals surface area contributed by atoms with Gasteiger partial charge in [-0.3, -0.25) is 19.6 Å². The molecule has 8 nitrogen and oxygen atoms in total. The van der Waals surface area contributed by atoms with Crippen LogP contribution in [0.1, 0.15) is 39.5 Å². The number of aliphatic imine (C=N–C) groups is 1. The normalized spacial score (nSPS) is 24.4. The minimum atomic E-state index is -0.0161. The molecule has 0 aliphatic carbocycles. The molecule has 3 aliphatic rings. The molecule has 1 amide bonds. The Morgan fingerprint density at radius 1 is 1.06 bits per heavy atom. The summed E-state index contributed by atoms with van der Waals surface area (Å²) >= 11 is 0. The van der Waals surface area contributed by atoms with Crippen molar-refractivity contribution >= 4 is 35.8 Å². The summed E-state index contributed by atoms with van der Waals surface area (Å²) in [6, 6.07) is 0.505. The van der Waals surface area contributed by atoms with E-state index in [0.717, 1.165) is 90.9 Å². The van der Waals surface area contributed by atoms with Gasteiger partial charge in [-0.05, 0) is 46.1 Å². The molecular weight excluding hydrogens is 507 g/mol. The van der Waals surface area contributed by atoms with Gasteiger partial charge in [-0.25, -0.2) is 0 Å². The van der Waals surface area contributed by atoms with Crippen molar-refractivity contribution in [1.82, 2.24) is 24.9 Å². The Hall–Kier alpha value is -0.650. The van der Waals surface area contributed by atoms with Gasteiger partial charge in [-0.2, -0.15) is 0 Å². The van der Waals surface area contributed by atoms with Crippen molar-refractivity contribution in [3.63, 3.8) is 0 Å². The first kappa shape index (κ1) is 26.6. The number of carbonyl (C=O) groups is 1. The van der Waals surface area contributed by atoms with Crippen molar-refractivity contribution in [3.05, 3.63) is 0 Å². The zero-order chi connectivity index (χ0) is 21.3. The van der Waals surface area contributed by atoms with Crippen molar-refractivity contribution in [1.29, 1.82) is 0 Å². The predicted molar refractivity (Wildman–Crippen MR) is 136 cm³/mol. The predicted octanol–water partition coefficient (Wildman–Crippen LogP) is 1.31. The second-order valence-electron chi connectivity index (χ2n) is 8.75. The van der Waals surface area contributed by atoms with Crippen LogP contribution in [0.3, 0.4) is 0 Å². The molecule has 3 rings (SSSR count). The molecule has 3 fully saturated rings. The van der Waals surface area contributed by atoms with E-state index in [9.17, 15) is 4.79 Å². The van der Waals surface area contributed by atoms with E-state index in [4.69, 9.17) is 9.73 Å². The van der Waals surface area contributed by atoms with Gasteiger partial charge in [-0.15, -0.1) is 24.0 Å². The Labute approximate surface area is 205 Å². The lowest BCUT2D eigenvalue weighted by atomic mass is 10.2. The fourth-order valence-corrected chi connectivity index (χ4v) is 4.90. The number of piperazine rings is 1. The molecule has 0 saturated carbocycles. The number of amides is 1. The molecule has 3 saturated heterocycles. The van der Waals surface area contributed by atoms with Crippen LogP contribution in [0, 0.1) is 0 Å². The van der Waals surface area contributed by atoms with E-state index in [0.29, 0.717) is 11.9 Å². The van der Waals surface area contributed by atoms with Crippen molar-refractivity contribution in [2.75, 3.05) is 79.2 Å². The van der Waals surface area contributed by atoms with Gasteiger partial charge in [0.05, 0.1) is 19.2 Å². The summed E-state index contributed by atoms with van der Waals surface area (Å²) in [5.74, 6) is 1.33. The molecule has 31 heavy (non-hydrogen) atoms. The summed E-state index contributed by atoms with van der Waals surface area (Å²) in [4.78, 5) is 27.0. The number of nitrogens with one attached hydrogen (secondary N) is 1. The number of guanidine groups is 1. The molecule has 9 heteroatoms. The third-order valence-corrected chi connectivity index (χ3v) is 6.81. The van der Waals surface area contributed by atoms with Gasteiger partial charge in [0.15, 0.2) is 5.96 Å². The van der Waals surface area contributed by atoms with Crippen molar-refractivity contribution in [2.24, 2.45) is 4.99 Å². The maximum Gasteiger partial charge on any atom is 0.239 e. The Balaban J connectivity index is 0.00000341. The summed E-state index contributed by atoms with van der Waals surface area (Å²) in [5, 5.41) is 3.48. The molecule has 0 aromatic heterocycles. The fraction of sp³-hybridized carbons (Fsp3) is 0.909. The third-order valence-electron chi connectivity index (χ3n) is 6.81. The van der Waals surface area contributed by atoms with E-state index in [2.05, 4.69) is 33.9 Å². The summed E-state index contributed by atoms with van der Waals surface area (Å²) in [6.07, 6.45) is 4.77. The number of hydrogen-bond acceptors (Lipinski definition) is 5. The Kier molecular flexibility index (Phi) is 11.8. The second kappa shape index (κ2) is 13.8. The highest BCUT2D eigenvalue weighted by Gasteiger charge is 2.31. The number of methoxy groups -OCH3 is 1. The fourth-order valence-electron chi connectivity index (χ4n) is 4.90. The van der Waals surface area contributed by atoms with E-state index >= 15 is 0 Å². The minimum absolute atomic E-state index is 0. The van der Waals surface area contributed by atoms with Crippen LogP contribution in [0.4, 0.5) is 0 Å². The zero-order valence-electron chi connectivity index (χ0n) is 19.7. The maximum atomic E-state index is 12.7. The molecule has 1 N–H and O–H groups in total. The van der Waals surface area contributed by atoms with Crippen molar-refractivity contribution in [3.8, 4) is 0 Å². The molecule has 0 radical (unpaired) electrons. The first-order chi connectivity index (χ1) is 14.6. The number of halogens is 1. The van der Waals surface area contributed by atoms with E-state index in [1.54, 1.807) is 7.11 Å². The van der Waals surface area contributed by atoms with E-state index in [1.165, 1.54) is 12.8 Å². The second-order valence-corrected chi connectivity index (χ2v) is 8.75. The topological polar surface area (TPSA) is 63.7 Å². The summed E-state index contributed by atoms with van der Waals surface area (Å²) in [5.41, 5.74) is 0. The summed E-state index contributed by atoms with van der Waals surface area (Å²) < 4.78 is 5.26. The molecule has 0 bridgehead atoms. The van der Waals surface area contributed by atoms with E-state index in [-0.39, 0.29) is 30.0 Å². The summed E-state index contributed by atoms with van der Waals surface area (Å²) in [6.45, 7) is 14.4.